The zero-order valence-corrected chi connectivity index (χ0v) is 17.7. The van der Waals surface area contributed by atoms with Gasteiger partial charge in [0.15, 0.2) is 0 Å². The second-order valence-corrected chi connectivity index (χ2v) is 8.58. The SMILES string of the molecule is O=C(CCc1ccccc1)N1CCC2(CC1)CC(CCOc1cccnc1)CCO2. The van der Waals surface area contributed by atoms with E-state index in [0.717, 1.165) is 70.6 Å². The molecule has 1 spiro atoms. The van der Waals surface area contributed by atoms with Crippen LogP contribution in [0.3, 0.4) is 0 Å². The number of aromatic nitrogens is 1. The van der Waals surface area contributed by atoms with Crippen molar-refractivity contribution in [2.45, 2.75) is 50.5 Å². The van der Waals surface area contributed by atoms with Gasteiger partial charge in [-0.15, -0.1) is 0 Å². The van der Waals surface area contributed by atoms with Gasteiger partial charge in [0.25, 0.3) is 0 Å². The molecule has 0 radical (unpaired) electrons. The minimum Gasteiger partial charge on any atom is -0.492 e. The van der Waals surface area contributed by atoms with E-state index in [2.05, 4.69) is 17.1 Å². The fourth-order valence-corrected chi connectivity index (χ4v) is 4.72. The molecule has 30 heavy (non-hydrogen) atoms. The van der Waals surface area contributed by atoms with Gasteiger partial charge in [-0.05, 0) is 62.1 Å². The van der Waals surface area contributed by atoms with Gasteiger partial charge in [-0.1, -0.05) is 30.3 Å². The number of piperidine rings is 1. The lowest BCUT2D eigenvalue weighted by atomic mass is 9.78. The van der Waals surface area contributed by atoms with E-state index in [1.807, 2.05) is 35.2 Å². The molecule has 1 unspecified atom stereocenters. The van der Waals surface area contributed by atoms with E-state index in [1.54, 1.807) is 12.4 Å². The van der Waals surface area contributed by atoms with Gasteiger partial charge < -0.3 is 14.4 Å². The van der Waals surface area contributed by atoms with Gasteiger partial charge in [0.05, 0.1) is 18.4 Å². The number of aryl methyl sites for hydroxylation is 1. The summed E-state index contributed by atoms with van der Waals surface area (Å²) in [4.78, 5) is 18.8. The average molecular weight is 409 g/mol. The largest absolute Gasteiger partial charge is 0.492 e. The molecular weight excluding hydrogens is 376 g/mol. The van der Waals surface area contributed by atoms with Crippen LogP contribution in [0.5, 0.6) is 5.75 Å². The molecule has 2 saturated heterocycles. The van der Waals surface area contributed by atoms with Crippen molar-refractivity contribution >= 4 is 5.91 Å². The lowest BCUT2D eigenvalue weighted by Gasteiger charge is -2.46. The summed E-state index contributed by atoms with van der Waals surface area (Å²) in [6.45, 7) is 3.16. The van der Waals surface area contributed by atoms with Crippen LogP contribution in [0.1, 0.15) is 44.1 Å². The Bertz CT molecular complexity index is 789. The molecule has 0 bridgehead atoms. The van der Waals surface area contributed by atoms with E-state index in [0.29, 0.717) is 12.3 Å². The highest BCUT2D eigenvalue weighted by Gasteiger charge is 2.40. The zero-order chi connectivity index (χ0) is 20.7. The van der Waals surface area contributed by atoms with Gasteiger partial charge in [-0.25, -0.2) is 0 Å². The molecule has 1 aromatic carbocycles. The van der Waals surface area contributed by atoms with Gasteiger partial charge in [0.1, 0.15) is 5.75 Å². The predicted octanol–water partition coefficient (Wildman–Crippen LogP) is 4.27. The molecule has 4 rings (SSSR count). The van der Waals surface area contributed by atoms with Crippen molar-refractivity contribution in [1.29, 1.82) is 0 Å². The quantitative estimate of drug-likeness (QED) is 0.687. The van der Waals surface area contributed by atoms with Crippen LogP contribution >= 0.6 is 0 Å². The van der Waals surface area contributed by atoms with E-state index in [-0.39, 0.29) is 11.5 Å². The molecule has 1 atom stereocenters. The van der Waals surface area contributed by atoms with Crippen LogP contribution in [0.2, 0.25) is 0 Å². The highest BCUT2D eigenvalue weighted by molar-refractivity contribution is 5.76. The third kappa shape index (κ3) is 5.60. The monoisotopic (exact) mass is 408 g/mol. The first-order chi connectivity index (χ1) is 14.7. The number of likely N-dealkylation sites (tertiary alicyclic amines) is 1. The normalized spacial score (nSPS) is 20.8. The molecule has 2 aliphatic rings. The standard InChI is InChI=1S/C25H32N2O3/c28-24(9-8-21-5-2-1-3-6-21)27-15-12-25(13-16-27)19-22(11-18-30-25)10-17-29-23-7-4-14-26-20-23/h1-7,14,20,22H,8-13,15-19H2. The number of nitrogens with zero attached hydrogens (tertiary/aromatic N) is 2. The molecular formula is C25H32N2O3. The van der Waals surface area contributed by atoms with Crippen molar-refractivity contribution < 1.29 is 14.3 Å². The number of pyridine rings is 1. The Morgan fingerprint density at radius 2 is 2.00 bits per heavy atom. The molecule has 0 N–H and O–H groups in total. The van der Waals surface area contributed by atoms with Gasteiger partial charge in [0.2, 0.25) is 5.91 Å². The number of amides is 1. The van der Waals surface area contributed by atoms with E-state index >= 15 is 0 Å². The zero-order valence-electron chi connectivity index (χ0n) is 17.7. The second kappa shape index (κ2) is 10.1. The maximum Gasteiger partial charge on any atom is 0.222 e. The van der Waals surface area contributed by atoms with Gasteiger partial charge in [0, 0.05) is 32.3 Å². The Morgan fingerprint density at radius 3 is 2.77 bits per heavy atom. The first-order valence-corrected chi connectivity index (χ1v) is 11.2. The first-order valence-electron chi connectivity index (χ1n) is 11.2. The number of rotatable bonds is 7. The van der Waals surface area contributed by atoms with Gasteiger partial charge in [-0.3, -0.25) is 9.78 Å². The van der Waals surface area contributed by atoms with Crippen molar-refractivity contribution in [1.82, 2.24) is 9.88 Å². The van der Waals surface area contributed by atoms with E-state index in [1.165, 1.54) is 5.56 Å². The Hall–Kier alpha value is -2.40. The summed E-state index contributed by atoms with van der Waals surface area (Å²) < 4.78 is 12.1. The van der Waals surface area contributed by atoms with E-state index in [9.17, 15) is 4.79 Å². The lowest BCUT2D eigenvalue weighted by Crippen LogP contribution is -2.51. The molecule has 1 amide bonds. The summed E-state index contributed by atoms with van der Waals surface area (Å²) in [5.74, 6) is 1.73. The summed E-state index contributed by atoms with van der Waals surface area (Å²) in [5.41, 5.74) is 1.18. The minimum atomic E-state index is -0.0482. The summed E-state index contributed by atoms with van der Waals surface area (Å²) in [6.07, 6.45) is 10.0. The van der Waals surface area contributed by atoms with Crippen LogP contribution < -0.4 is 4.74 Å². The summed E-state index contributed by atoms with van der Waals surface area (Å²) in [5, 5.41) is 0. The van der Waals surface area contributed by atoms with Crippen LogP contribution in [0, 0.1) is 5.92 Å². The summed E-state index contributed by atoms with van der Waals surface area (Å²) in [7, 11) is 0. The molecule has 1 aromatic heterocycles. The smallest absolute Gasteiger partial charge is 0.222 e. The van der Waals surface area contributed by atoms with Crippen molar-refractivity contribution in [3.63, 3.8) is 0 Å². The molecule has 2 fully saturated rings. The highest BCUT2D eigenvalue weighted by atomic mass is 16.5. The molecule has 0 aliphatic carbocycles. The van der Waals surface area contributed by atoms with Crippen molar-refractivity contribution in [2.75, 3.05) is 26.3 Å². The molecule has 0 saturated carbocycles. The van der Waals surface area contributed by atoms with Crippen molar-refractivity contribution in [3.8, 4) is 5.75 Å². The Morgan fingerprint density at radius 1 is 1.17 bits per heavy atom. The van der Waals surface area contributed by atoms with Crippen LogP contribution in [-0.4, -0.2) is 47.7 Å². The van der Waals surface area contributed by atoms with Crippen molar-refractivity contribution in [3.05, 3.63) is 60.4 Å². The van der Waals surface area contributed by atoms with E-state index < -0.39 is 0 Å². The summed E-state index contributed by atoms with van der Waals surface area (Å²) in [6, 6.07) is 14.1. The highest BCUT2D eigenvalue weighted by Crippen LogP contribution is 2.39. The van der Waals surface area contributed by atoms with Crippen LogP contribution in [-0.2, 0) is 16.0 Å². The fourth-order valence-electron chi connectivity index (χ4n) is 4.72. The predicted molar refractivity (Wildman–Crippen MR) is 116 cm³/mol. The lowest BCUT2D eigenvalue weighted by molar-refractivity contribution is -0.147. The summed E-state index contributed by atoms with van der Waals surface area (Å²) >= 11 is 0. The number of benzene rings is 1. The average Bonchev–Trinajstić information content (AvgIpc) is 2.80. The van der Waals surface area contributed by atoms with Gasteiger partial charge >= 0.3 is 0 Å². The molecule has 2 aromatic rings. The van der Waals surface area contributed by atoms with Crippen LogP contribution in [0.25, 0.3) is 0 Å². The number of hydrogen-bond acceptors (Lipinski definition) is 4. The molecule has 2 aliphatic heterocycles. The number of ether oxygens (including phenoxy) is 2. The second-order valence-electron chi connectivity index (χ2n) is 8.58. The van der Waals surface area contributed by atoms with Gasteiger partial charge in [-0.2, -0.15) is 0 Å². The fraction of sp³-hybridized carbons (Fsp3) is 0.520. The molecule has 160 valence electrons. The molecule has 3 heterocycles. The third-order valence-electron chi connectivity index (χ3n) is 6.52. The Balaban J connectivity index is 1.20. The van der Waals surface area contributed by atoms with Crippen LogP contribution in [0.15, 0.2) is 54.9 Å². The van der Waals surface area contributed by atoms with Crippen LogP contribution in [0.4, 0.5) is 0 Å². The molecule has 5 heteroatoms. The minimum absolute atomic E-state index is 0.0482. The Kier molecular flexibility index (Phi) is 7.00. The molecule has 5 nitrogen and oxygen atoms in total. The topological polar surface area (TPSA) is 51.7 Å². The van der Waals surface area contributed by atoms with E-state index in [4.69, 9.17) is 9.47 Å². The third-order valence-corrected chi connectivity index (χ3v) is 6.52. The number of carbonyl (C=O) groups is 1. The first kappa shape index (κ1) is 20.9. The maximum atomic E-state index is 12.6. The number of hydrogen-bond donors (Lipinski definition) is 0. The number of carbonyl (C=O) groups excluding carboxylic acids is 1. The Labute approximate surface area is 179 Å². The maximum absolute atomic E-state index is 12.6. The van der Waals surface area contributed by atoms with Crippen molar-refractivity contribution in [2.24, 2.45) is 5.92 Å².